The summed E-state index contributed by atoms with van der Waals surface area (Å²) in [5.41, 5.74) is 0. The molecule has 0 spiro atoms. The summed E-state index contributed by atoms with van der Waals surface area (Å²) in [6, 6.07) is -0.364. The SMILES string of the molecule is CCC(C)C1NC(=O)CCN(CCCCOC(C)C)C1=O. The molecular weight excluding hydrogens is 268 g/mol. The summed E-state index contributed by atoms with van der Waals surface area (Å²) in [4.78, 5) is 26.1. The third kappa shape index (κ3) is 6.04. The van der Waals surface area contributed by atoms with Crippen molar-refractivity contribution >= 4 is 11.8 Å². The fourth-order valence-electron chi connectivity index (χ4n) is 2.42. The van der Waals surface area contributed by atoms with Gasteiger partial charge in [-0.05, 0) is 32.6 Å². The monoisotopic (exact) mass is 298 g/mol. The number of nitrogens with zero attached hydrogens (tertiary/aromatic N) is 1. The maximum absolute atomic E-state index is 12.5. The van der Waals surface area contributed by atoms with Crippen molar-refractivity contribution in [1.29, 1.82) is 0 Å². The minimum absolute atomic E-state index is 0.0145. The van der Waals surface area contributed by atoms with Gasteiger partial charge in [-0.3, -0.25) is 9.59 Å². The molecule has 0 radical (unpaired) electrons. The normalized spacial score (nSPS) is 21.4. The van der Waals surface area contributed by atoms with Crippen LogP contribution < -0.4 is 5.32 Å². The van der Waals surface area contributed by atoms with Crippen LogP contribution in [0.25, 0.3) is 0 Å². The number of carbonyl (C=O) groups excluding carboxylic acids is 2. The topological polar surface area (TPSA) is 58.6 Å². The molecule has 1 heterocycles. The first kappa shape index (κ1) is 18.0. The number of amides is 2. The highest BCUT2D eigenvalue weighted by atomic mass is 16.5. The Labute approximate surface area is 128 Å². The molecule has 1 aliphatic rings. The molecule has 0 bridgehead atoms. The Morgan fingerprint density at radius 1 is 1.29 bits per heavy atom. The number of hydrogen-bond acceptors (Lipinski definition) is 3. The van der Waals surface area contributed by atoms with Crippen LogP contribution in [0.2, 0.25) is 0 Å². The van der Waals surface area contributed by atoms with Crippen molar-refractivity contribution in [3.8, 4) is 0 Å². The molecule has 0 aromatic rings. The van der Waals surface area contributed by atoms with Gasteiger partial charge in [-0.15, -0.1) is 0 Å². The molecule has 1 N–H and O–H groups in total. The van der Waals surface area contributed by atoms with E-state index in [0.717, 1.165) is 25.9 Å². The molecule has 2 amide bonds. The van der Waals surface area contributed by atoms with Gasteiger partial charge in [-0.25, -0.2) is 0 Å². The molecule has 1 rings (SSSR count). The summed E-state index contributed by atoms with van der Waals surface area (Å²) in [7, 11) is 0. The van der Waals surface area contributed by atoms with Gasteiger partial charge in [-0.2, -0.15) is 0 Å². The van der Waals surface area contributed by atoms with Crippen LogP contribution in [0.5, 0.6) is 0 Å². The zero-order valence-electron chi connectivity index (χ0n) is 13.9. The number of carbonyl (C=O) groups is 2. The van der Waals surface area contributed by atoms with Gasteiger partial charge in [0.1, 0.15) is 6.04 Å². The zero-order chi connectivity index (χ0) is 15.8. The average molecular weight is 298 g/mol. The lowest BCUT2D eigenvalue weighted by atomic mass is 9.98. The Morgan fingerprint density at radius 2 is 2.00 bits per heavy atom. The van der Waals surface area contributed by atoms with Crippen molar-refractivity contribution in [1.82, 2.24) is 10.2 Å². The van der Waals surface area contributed by atoms with E-state index in [2.05, 4.69) is 5.32 Å². The van der Waals surface area contributed by atoms with E-state index >= 15 is 0 Å². The minimum atomic E-state index is -0.364. The van der Waals surface area contributed by atoms with Gasteiger partial charge in [0, 0.05) is 26.1 Å². The van der Waals surface area contributed by atoms with Gasteiger partial charge in [-0.1, -0.05) is 20.3 Å². The van der Waals surface area contributed by atoms with E-state index in [4.69, 9.17) is 4.74 Å². The second kappa shape index (κ2) is 9.03. The van der Waals surface area contributed by atoms with E-state index in [1.807, 2.05) is 32.6 Å². The van der Waals surface area contributed by atoms with Crippen LogP contribution in [0.1, 0.15) is 53.4 Å². The van der Waals surface area contributed by atoms with Gasteiger partial charge in [0.05, 0.1) is 6.10 Å². The molecule has 2 atom stereocenters. The highest BCUT2D eigenvalue weighted by Gasteiger charge is 2.32. The van der Waals surface area contributed by atoms with Gasteiger partial charge < -0.3 is 15.0 Å². The molecule has 0 aliphatic carbocycles. The second-order valence-electron chi connectivity index (χ2n) is 6.13. The summed E-state index contributed by atoms with van der Waals surface area (Å²) in [6.07, 6.45) is 3.40. The van der Waals surface area contributed by atoms with E-state index in [0.29, 0.717) is 19.5 Å². The lowest BCUT2D eigenvalue weighted by molar-refractivity contribution is -0.135. The molecule has 122 valence electrons. The summed E-state index contributed by atoms with van der Waals surface area (Å²) in [5.74, 6) is 0.227. The smallest absolute Gasteiger partial charge is 0.245 e. The quantitative estimate of drug-likeness (QED) is 0.697. The summed E-state index contributed by atoms with van der Waals surface area (Å²) < 4.78 is 5.51. The lowest BCUT2D eigenvalue weighted by Gasteiger charge is -2.27. The molecule has 0 aromatic heterocycles. The molecule has 1 aliphatic heterocycles. The van der Waals surface area contributed by atoms with Gasteiger partial charge >= 0.3 is 0 Å². The van der Waals surface area contributed by atoms with Gasteiger partial charge in [0.25, 0.3) is 0 Å². The molecular formula is C16H30N2O3. The zero-order valence-corrected chi connectivity index (χ0v) is 13.9. The molecule has 5 nitrogen and oxygen atoms in total. The van der Waals surface area contributed by atoms with E-state index in [1.54, 1.807) is 0 Å². The van der Waals surface area contributed by atoms with E-state index < -0.39 is 0 Å². The molecule has 0 aromatic carbocycles. The Morgan fingerprint density at radius 3 is 2.62 bits per heavy atom. The van der Waals surface area contributed by atoms with Crippen molar-refractivity contribution in [2.24, 2.45) is 5.92 Å². The van der Waals surface area contributed by atoms with Crippen LogP contribution in [0.3, 0.4) is 0 Å². The fraction of sp³-hybridized carbons (Fsp3) is 0.875. The molecule has 1 saturated heterocycles. The predicted molar refractivity (Wildman–Crippen MR) is 82.9 cm³/mol. The van der Waals surface area contributed by atoms with Crippen LogP contribution >= 0.6 is 0 Å². The largest absolute Gasteiger partial charge is 0.379 e. The molecule has 1 fully saturated rings. The Hall–Kier alpha value is -1.10. The first-order valence-electron chi connectivity index (χ1n) is 8.15. The van der Waals surface area contributed by atoms with E-state index in [9.17, 15) is 9.59 Å². The maximum Gasteiger partial charge on any atom is 0.245 e. The molecule has 0 saturated carbocycles. The van der Waals surface area contributed by atoms with E-state index in [1.165, 1.54) is 0 Å². The molecule has 21 heavy (non-hydrogen) atoms. The third-order valence-electron chi connectivity index (χ3n) is 3.99. The van der Waals surface area contributed by atoms with Gasteiger partial charge in [0.2, 0.25) is 11.8 Å². The lowest BCUT2D eigenvalue weighted by Crippen LogP contribution is -2.48. The molecule has 5 heteroatoms. The number of rotatable bonds is 8. The maximum atomic E-state index is 12.5. The van der Waals surface area contributed by atoms with Crippen LogP contribution in [-0.2, 0) is 14.3 Å². The van der Waals surface area contributed by atoms with Crippen molar-refractivity contribution in [3.63, 3.8) is 0 Å². The number of ether oxygens (including phenoxy) is 1. The van der Waals surface area contributed by atoms with Crippen LogP contribution in [-0.4, -0.2) is 48.6 Å². The first-order chi connectivity index (χ1) is 9.95. The molecule has 2 unspecified atom stereocenters. The van der Waals surface area contributed by atoms with Crippen molar-refractivity contribution < 1.29 is 14.3 Å². The number of hydrogen-bond donors (Lipinski definition) is 1. The Balaban J connectivity index is 2.48. The minimum Gasteiger partial charge on any atom is -0.379 e. The number of nitrogens with one attached hydrogen (secondary N) is 1. The average Bonchev–Trinajstić information content (AvgIpc) is 2.58. The highest BCUT2D eigenvalue weighted by Crippen LogP contribution is 2.15. The van der Waals surface area contributed by atoms with Gasteiger partial charge in [0.15, 0.2) is 0 Å². The van der Waals surface area contributed by atoms with E-state index in [-0.39, 0.29) is 29.9 Å². The Bertz CT molecular complexity index is 344. The number of unbranched alkanes of at least 4 members (excludes halogenated alkanes) is 1. The highest BCUT2D eigenvalue weighted by molar-refractivity contribution is 5.90. The van der Waals surface area contributed by atoms with Crippen LogP contribution in [0.15, 0.2) is 0 Å². The van der Waals surface area contributed by atoms with Crippen molar-refractivity contribution in [2.75, 3.05) is 19.7 Å². The van der Waals surface area contributed by atoms with Crippen molar-refractivity contribution in [3.05, 3.63) is 0 Å². The van der Waals surface area contributed by atoms with Crippen LogP contribution in [0.4, 0.5) is 0 Å². The fourth-order valence-corrected chi connectivity index (χ4v) is 2.42. The van der Waals surface area contributed by atoms with Crippen molar-refractivity contribution in [2.45, 2.75) is 65.5 Å². The summed E-state index contributed by atoms with van der Waals surface area (Å²) >= 11 is 0. The third-order valence-corrected chi connectivity index (χ3v) is 3.99. The predicted octanol–water partition coefficient (Wildman–Crippen LogP) is 1.95. The first-order valence-corrected chi connectivity index (χ1v) is 8.15. The second-order valence-corrected chi connectivity index (χ2v) is 6.13. The summed E-state index contributed by atoms with van der Waals surface area (Å²) in [6.45, 7) is 10.1. The van der Waals surface area contributed by atoms with Crippen LogP contribution in [0, 0.1) is 5.92 Å². The Kier molecular flexibility index (Phi) is 7.72. The summed E-state index contributed by atoms with van der Waals surface area (Å²) in [5, 5.41) is 2.87. The standard InChI is InChI=1S/C16H30N2O3/c1-5-13(4)15-16(20)18(10-8-14(19)17-15)9-6-7-11-21-12(2)3/h12-13,15H,5-11H2,1-4H3,(H,17,19).